The maximum absolute atomic E-state index is 11.7. The molecule has 20 heavy (non-hydrogen) atoms. The Morgan fingerprint density at radius 1 is 1.40 bits per heavy atom. The van der Waals surface area contributed by atoms with Crippen LogP contribution < -0.4 is 5.32 Å². The molecule has 2 N–H and O–H groups in total. The van der Waals surface area contributed by atoms with E-state index in [4.69, 9.17) is 5.26 Å². The lowest BCUT2D eigenvalue weighted by Gasteiger charge is -2.09. The number of hydrogen-bond acceptors (Lipinski definition) is 3. The topological polar surface area (TPSA) is 73.1 Å². The highest BCUT2D eigenvalue weighted by molar-refractivity contribution is 5.91. The summed E-state index contributed by atoms with van der Waals surface area (Å²) in [5.41, 5.74) is 1.49. The zero-order valence-corrected chi connectivity index (χ0v) is 11.2. The molecule has 4 nitrogen and oxygen atoms in total. The molecule has 4 heteroatoms. The largest absolute Gasteiger partial charge is 0.393 e. The fourth-order valence-electron chi connectivity index (χ4n) is 2.38. The van der Waals surface area contributed by atoms with E-state index in [1.165, 1.54) is 6.08 Å². The molecule has 0 aliphatic heterocycles. The Labute approximate surface area is 118 Å². The van der Waals surface area contributed by atoms with Crippen molar-refractivity contribution < 1.29 is 9.90 Å². The number of nitrogens with zero attached hydrogens (tertiary/aromatic N) is 1. The van der Waals surface area contributed by atoms with Crippen LogP contribution in [0.5, 0.6) is 0 Å². The molecule has 0 spiro atoms. The van der Waals surface area contributed by atoms with E-state index in [0.29, 0.717) is 18.0 Å². The van der Waals surface area contributed by atoms with Gasteiger partial charge in [0.05, 0.1) is 17.7 Å². The molecule has 104 valence electrons. The predicted octanol–water partition coefficient (Wildman–Crippen LogP) is 1.85. The van der Waals surface area contributed by atoms with Crippen LogP contribution in [0.2, 0.25) is 0 Å². The van der Waals surface area contributed by atoms with Crippen molar-refractivity contribution in [3.63, 3.8) is 0 Å². The molecular formula is C16H18N2O2. The standard InChI is InChI=1S/C16H18N2O2/c17-10-13-3-1-12(2-4-13)6-8-16(20)18-11-14-5-7-15(19)9-14/h1-4,6,8,14-15,19H,5,7,9,11H2,(H,18,20)/b8-6+. The van der Waals surface area contributed by atoms with Crippen LogP contribution in [0.1, 0.15) is 30.4 Å². The van der Waals surface area contributed by atoms with Gasteiger partial charge in [0.25, 0.3) is 0 Å². The molecule has 1 saturated carbocycles. The summed E-state index contributed by atoms with van der Waals surface area (Å²) in [6.45, 7) is 0.619. The van der Waals surface area contributed by atoms with Crippen LogP contribution in [0.25, 0.3) is 6.08 Å². The van der Waals surface area contributed by atoms with Gasteiger partial charge in [0, 0.05) is 12.6 Å². The van der Waals surface area contributed by atoms with Crippen LogP contribution in [0.4, 0.5) is 0 Å². The number of amides is 1. The van der Waals surface area contributed by atoms with Gasteiger partial charge in [-0.05, 0) is 49.0 Å². The molecule has 2 atom stereocenters. The number of carbonyl (C=O) groups is 1. The molecule has 2 rings (SSSR count). The number of carbonyl (C=O) groups excluding carboxylic acids is 1. The first-order valence-corrected chi connectivity index (χ1v) is 6.81. The summed E-state index contributed by atoms with van der Waals surface area (Å²) >= 11 is 0. The van der Waals surface area contributed by atoms with Crippen LogP contribution in [-0.2, 0) is 4.79 Å². The highest BCUT2D eigenvalue weighted by Crippen LogP contribution is 2.24. The SMILES string of the molecule is N#Cc1ccc(/C=C/C(=O)NCC2CCC(O)C2)cc1. The van der Waals surface area contributed by atoms with Gasteiger partial charge in [0.2, 0.25) is 5.91 Å². The van der Waals surface area contributed by atoms with Gasteiger partial charge in [-0.25, -0.2) is 0 Å². The van der Waals surface area contributed by atoms with E-state index in [2.05, 4.69) is 11.4 Å². The summed E-state index contributed by atoms with van der Waals surface area (Å²) in [6.07, 6.45) is 5.60. The van der Waals surface area contributed by atoms with Crippen molar-refractivity contribution in [3.8, 4) is 6.07 Å². The summed E-state index contributed by atoms with van der Waals surface area (Å²) in [5, 5.41) is 20.9. The average molecular weight is 270 g/mol. The van der Waals surface area contributed by atoms with E-state index < -0.39 is 0 Å². The smallest absolute Gasteiger partial charge is 0.244 e. The number of hydrogen-bond donors (Lipinski definition) is 2. The molecule has 1 fully saturated rings. The Balaban J connectivity index is 1.78. The summed E-state index contributed by atoms with van der Waals surface area (Å²) in [4.78, 5) is 11.7. The first-order valence-electron chi connectivity index (χ1n) is 6.81. The lowest BCUT2D eigenvalue weighted by atomic mass is 10.1. The van der Waals surface area contributed by atoms with Crippen LogP contribution in [-0.4, -0.2) is 23.7 Å². The van der Waals surface area contributed by atoms with Gasteiger partial charge < -0.3 is 10.4 Å². The monoisotopic (exact) mass is 270 g/mol. The Kier molecular flexibility index (Phi) is 4.91. The number of rotatable bonds is 4. The Bertz CT molecular complexity index is 528. The summed E-state index contributed by atoms with van der Waals surface area (Å²) in [5.74, 6) is 0.257. The van der Waals surface area contributed by atoms with E-state index in [-0.39, 0.29) is 12.0 Å². The third kappa shape index (κ3) is 4.22. The van der Waals surface area contributed by atoms with Crippen molar-refractivity contribution in [2.75, 3.05) is 6.54 Å². The van der Waals surface area contributed by atoms with E-state index in [1.54, 1.807) is 30.3 Å². The number of nitriles is 1. The third-order valence-electron chi connectivity index (χ3n) is 3.55. The second-order valence-corrected chi connectivity index (χ2v) is 5.15. The molecule has 0 heterocycles. The van der Waals surface area contributed by atoms with Gasteiger partial charge in [-0.1, -0.05) is 12.1 Å². The zero-order chi connectivity index (χ0) is 14.4. The average Bonchev–Trinajstić information content (AvgIpc) is 2.89. The molecule has 1 aromatic rings. The van der Waals surface area contributed by atoms with Gasteiger partial charge in [-0.3, -0.25) is 4.79 Å². The molecule has 1 aromatic carbocycles. The molecule has 0 saturated heterocycles. The summed E-state index contributed by atoms with van der Waals surface area (Å²) in [6, 6.07) is 9.09. The van der Waals surface area contributed by atoms with Crippen LogP contribution in [0.15, 0.2) is 30.3 Å². The van der Waals surface area contributed by atoms with Gasteiger partial charge >= 0.3 is 0 Å². The van der Waals surface area contributed by atoms with Crippen LogP contribution in [0, 0.1) is 17.2 Å². The maximum atomic E-state index is 11.7. The van der Waals surface area contributed by atoms with Crippen LogP contribution in [0.3, 0.4) is 0 Å². The lowest BCUT2D eigenvalue weighted by molar-refractivity contribution is -0.116. The normalized spacial score (nSPS) is 21.8. The van der Waals surface area contributed by atoms with Gasteiger partial charge in [0.1, 0.15) is 0 Å². The van der Waals surface area contributed by atoms with E-state index >= 15 is 0 Å². The Hall–Kier alpha value is -2.12. The quantitative estimate of drug-likeness (QED) is 0.820. The van der Waals surface area contributed by atoms with Gasteiger partial charge in [-0.15, -0.1) is 0 Å². The number of aliphatic hydroxyl groups excluding tert-OH is 1. The molecule has 0 bridgehead atoms. The van der Waals surface area contributed by atoms with Crippen molar-refractivity contribution in [2.45, 2.75) is 25.4 Å². The summed E-state index contributed by atoms with van der Waals surface area (Å²) in [7, 11) is 0. The zero-order valence-electron chi connectivity index (χ0n) is 11.2. The highest BCUT2D eigenvalue weighted by Gasteiger charge is 2.22. The minimum Gasteiger partial charge on any atom is -0.393 e. The fraction of sp³-hybridized carbons (Fsp3) is 0.375. The van der Waals surface area contributed by atoms with E-state index in [9.17, 15) is 9.90 Å². The first-order chi connectivity index (χ1) is 9.67. The second-order valence-electron chi connectivity index (χ2n) is 5.15. The van der Waals surface area contributed by atoms with Crippen molar-refractivity contribution in [1.82, 2.24) is 5.32 Å². The van der Waals surface area contributed by atoms with Crippen molar-refractivity contribution in [3.05, 3.63) is 41.5 Å². The van der Waals surface area contributed by atoms with E-state index in [0.717, 1.165) is 24.8 Å². The number of aliphatic hydroxyl groups is 1. The third-order valence-corrected chi connectivity index (χ3v) is 3.55. The molecule has 1 aliphatic rings. The first kappa shape index (κ1) is 14.3. The predicted molar refractivity (Wildman–Crippen MR) is 76.5 cm³/mol. The molecule has 1 amide bonds. The summed E-state index contributed by atoms with van der Waals surface area (Å²) < 4.78 is 0. The number of benzene rings is 1. The Morgan fingerprint density at radius 3 is 2.75 bits per heavy atom. The molecule has 2 unspecified atom stereocenters. The minimum atomic E-state index is -0.203. The highest BCUT2D eigenvalue weighted by atomic mass is 16.3. The maximum Gasteiger partial charge on any atom is 0.244 e. The van der Waals surface area contributed by atoms with Gasteiger partial charge in [-0.2, -0.15) is 5.26 Å². The lowest BCUT2D eigenvalue weighted by Crippen LogP contribution is -2.26. The van der Waals surface area contributed by atoms with Crippen molar-refractivity contribution in [2.24, 2.45) is 5.92 Å². The van der Waals surface area contributed by atoms with Gasteiger partial charge in [0.15, 0.2) is 0 Å². The molecule has 0 aromatic heterocycles. The van der Waals surface area contributed by atoms with Crippen molar-refractivity contribution >= 4 is 12.0 Å². The molecule has 1 aliphatic carbocycles. The minimum absolute atomic E-state index is 0.129. The van der Waals surface area contributed by atoms with Crippen LogP contribution >= 0.6 is 0 Å². The fourth-order valence-corrected chi connectivity index (χ4v) is 2.38. The molecule has 0 radical (unpaired) electrons. The van der Waals surface area contributed by atoms with E-state index in [1.807, 2.05) is 0 Å². The van der Waals surface area contributed by atoms with Crippen molar-refractivity contribution in [1.29, 1.82) is 5.26 Å². The number of nitrogens with one attached hydrogen (secondary N) is 1. The second kappa shape index (κ2) is 6.88. The molecular weight excluding hydrogens is 252 g/mol. The Morgan fingerprint density at radius 2 is 2.15 bits per heavy atom.